The van der Waals surface area contributed by atoms with Crippen molar-refractivity contribution in [2.24, 2.45) is 11.7 Å². The molecule has 2 nitrogen and oxygen atoms in total. The first-order valence-electron chi connectivity index (χ1n) is 6.62. The van der Waals surface area contributed by atoms with E-state index in [1.807, 2.05) is 0 Å². The Balaban J connectivity index is 2.02. The van der Waals surface area contributed by atoms with E-state index in [0.29, 0.717) is 18.6 Å². The molecule has 2 N–H and O–H groups in total. The summed E-state index contributed by atoms with van der Waals surface area (Å²) in [6.45, 7) is 5.03. The van der Waals surface area contributed by atoms with Gasteiger partial charge in [-0.2, -0.15) is 0 Å². The van der Waals surface area contributed by atoms with Crippen LogP contribution in [0.3, 0.4) is 0 Å². The van der Waals surface area contributed by atoms with Gasteiger partial charge in [0, 0.05) is 11.4 Å². The maximum absolute atomic E-state index is 6.26. The first-order chi connectivity index (χ1) is 8.22. The molecular formula is C14H23NOS. The third-order valence-electron chi connectivity index (χ3n) is 3.78. The minimum atomic E-state index is 0.0977. The second-order valence-corrected chi connectivity index (χ2v) is 6.08. The average Bonchev–Trinajstić information content (AvgIpc) is 2.75. The van der Waals surface area contributed by atoms with Crippen LogP contribution in [0.25, 0.3) is 0 Å². The lowest BCUT2D eigenvalue weighted by atomic mass is 9.88. The number of nitrogens with two attached hydrogens (primary N) is 1. The molecule has 1 aromatic heterocycles. The van der Waals surface area contributed by atoms with Gasteiger partial charge in [-0.1, -0.05) is 19.8 Å². The Bertz CT molecular complexity index is 350. The van der Waals surface area contributed by atoms with E-state index in [-0.39, 0.29) is 6.10 Å². The zero-order valence-corrected chi connectivity index (χ0v) is 11.6. The largest absolute Gasteiger partial charge is 0.368 e. The summed E-state index contributed by atoms with van der Waals surface area (Å²) in [6, 6.07) is 2.15. The quantitative estimate of drug-likeness (QED) is 0.889. The Kier molecular flexibility index (Phi) is 4.60. The summed E-state index contributed by atoms with van der Waals surface area (Å²) in [4.78, 5) is 1.31. The SMILES string of the molecule is Cc1ccsc1C(CN)OC1CCCCC1C. The number of hydrogen-bond acceptors (Lipinski definition) is 3. The Morgan fingerprint density at radius 2 is 2.24 bits per heavy atom. The summed E-state index contributed by atoms with van der Waals surface area (Å²) >= 11 is 1.77. The zero-order chi connectivity index (χ0) is 12.3. The van der Waals surface area contributed by atoms with Crippen LogP contribution in [0, 0.1) is 12.8 Å². The topological polar surface area (TPSA) is 35.2 Å². The van der Waals surface area contributed by atoms with Gasteiger partial charge in [-0.05, 0) is 42.7 Å². The molecule has 1 aliphatic carbocycles. The molecule has 1 saturated carbocycles. The molecule has 17 heavy (non-hydrogen) atoms. The standard InChI is InChI=1S/C14H23NOS/c1-10-5-3-4-6-12(10)16-13(9-15)14-11(2)7-8-17-14/h7-8,10,12-13H,3-6,9,15H2,1-2H3. The second-order valence-electron chi connectivity index (χ2n) is 5.13. The van der Waals surface area contributed by atoms with Gasteiger partial charge in [0.25, 0.3) is 0 Å². The summed E-state index contributed by atoms with van der Waals surface area (Å²) in [5, 5.41) is 2.13. The van der Waals surface area contributed by atoms with Gasteiger partial charge in [-0.25, -0.2) is 0 Å². The summed E-state index contributed by atoms with van der Waals surface area (Å²) in [5.74, 6) is 0.679. The van der Waals surface area contributed by atoms with E-state index in [2.05, 4.69) is 25.3 Å². The molecule has 96 valence electrons. The van der Waals surface area contributed by atoms with Crippen molar-refractivity contribution in [2.75, 3.05) is 6.54 Å². The van der Waals surface area contributed by atoms with Crippen LogP contribution in [-0.2, 0) is 4.74 Å². The predicted octanol–water partition coefficient (Wildman–Crippen LogP) is 3.65. The Labute approximate surface area is 108 Å². The van der Waals surface area contributed by atoms with Gasteiger partial charge in [0.1, 0.15) is 6.10 Å². The molecule has 0 radical (unpaired) electrons. The van der Waals surface area contributed by atoms with E-state index in [1.54, 1.807) is 11.3 Å². The van der Waals surface area contributed by atoms with Crippen LogP contribution < -0.4 is 5.73 Å². The lowest BCUT2D eigenvalue weighted by molar-refractivity contribution is -0.0521. The number of hydrogen-bond donors (Lipinski definition) is 1. The number of ether oxygens (including phenoxy) is 1. The molecule has 0 aromatic carbocycles. The van der Waals surface area contributed by atoms with Gasteiger partial charge in [-0.15, -0.1) is 11.3 Å². The average molecular weight is 253 g/mol. The second kappa shape index (κ2) is 5.98. The van der Waals surface area contributed by atoms with Crippen LogP contribution in [0.5, 0.6) is 0 Å². The molecule has 1 aliphatic rings. The Morgan fingerprint density at radius 1 is 1.47 bits per heavy atom. The van der Waals surface area contributed by atoms with E-state index < -0.39 is 0 Å². The highest BCUT2D eigenvalue weighted by Crippen LogP contribution is 2.33. The monoisotopic (exact) mass is 253 g/mol. The fraction of sp³-hybridized carbons (Fsp3) is 0.714. The molecular weight excluding hydrogens is 230 g/mol. The smallest absolute Gasteiger partial charge is 0.104 e. The van der Waals surface area contributed by atoms with Crippen LogP contribution in [0.15, 0.2) is 11.4 Å². The minimum absolute atomic E-state index is 0.0977. The minimum Gasteiger partial charge on any atom is -0.368 e. The lowest BCUT2D eigenvalue weighted by Crippen LogP contribution is -2.29. The van der Waals surface area contributed by atoms with Crippen molar-refractivity contribution in [3.63, 3.8) is 0 Å². The van der Waals surface area contributed by atoms with Crippen molar-refractivity contribution in [3.8, 4) is 0 Å². The number of thiophene rings is 1. The molecule has 3 heteroatoms. The van der Waals surface area contributed by atoms with E-state index in [9.17, 15) is 0 Å². The van der Waals surface area contributed by atoms with Crippen molar-refractivity contribution < 1.29 is 4.74 Å². The molecule has 1 fully saturated rings. The molecule has 0 aliphatic heterocycles. The summed E-state index contributed by atoms with van der Waals surface area (Å²) < 4.78 is 6.26. The summed E-state index contributed by atoms with van der Waals surface area (Å²) in [5.41, 5.74) is 7.19. The molecule has 0 amide bonds. The summed E-state index contributed by atoms with van der Waals surface area (Å²) in [6.07, 6.45) is 5.65. The fourth-order valence-electron chi connectivity index (χ4n) is 2.63. The van der Waals surface area contributed by atoms with Crippen LogP contribution in [0.2, 0.25) is 0 Å². The van der Waals surface area contributed by atoms with Gasteiger partial charge in [0.2, 0.25) is 0 Å². The molecule has 3 atom stereocenters. The maximum atomic E-state index is 6.26. The van der Waals surface area contributed by atoms with Crippen LogP contribution in [0.1, 0.15) is 49.2 Å². The maximum Gasteiger partial charge on any atom is 0.104 e. The van der Waals surface area contributed by atoms with E-state index in [1.165, 1.54) is 36.1 Å². The highest BCUT2D eigenvalue weighted by molar-refractivity contribution is 7.10. The molecule has 0 saturated heterocycles. The highest BCUT2D eigenvalue weighted by Gasteiger charge is 2.26. The lowest BCUT2D eigenvalue weighted by Gasteiger charge is -2.32. The van der Waals surface area contributed by atoms with Crippen LogP contribution in [-0.4, -0.2) is 12.6 Å². The van der Waals surface area contributed by atoms with Crippen LogP contribution >= 0.6 is 11.3 Å². The van der Waals surface area contributed by atoms with Gasteiger partial charge < -0.3 is 10.5 Å². The van der Waals surface area contributed by atoms with Crippen molar-refractivity contribution in [2.45, 2.75) is 51.7 Å². The number of rotatable bonds is 4. The molecule has 0 bridgehead atoms. The van der Waals surface area contributed by atoms with Gasteiger partial charge in [-0.3, -0.25) is 0 Å². The summed E-state index contributed by atoms with van der Waals surface area (Å²) in [7, 11) is 0. The Morgan fingerprint density at radius 3 is 2.82 bits per heavy atom. The molecule has 0 spiro atoms. The van der Waals surface area contributed by atoms with E-state index >= 15 is 0 Å². The third kappa shape index (κ3) is 3.09. The van der Waals surface area contributed by atoms with Crippen molar-refractivity contribution in [1.82, 2.24) is 0 Å². The zero-order valence-electron chi connectivity index (χ0n) is 10.8. The molecule has 2 rings (SSSR count). The van der Waals surface area contributed by atoms with Crippen LogP contribution in [0.4, 0.5) is 0 Å². The fourth-order valence-corrected chi connectivity index (χ4v) is 3.61. The molecule has 3 unspecified atom stereocenters. The van der Waals surface area contributed by atoms with Crippen molar-refractivity contribution in [1.29, 1.82) is 0 Å². The van der Waals surface area contributed by atoms with Gasteiger partial charge in [0.05, 0.1) is 6.10 Å². The van der Waals surface area contributed by atoms with Gasteiger partial charge >= 0.3 is 0 Å². The first kappa shape index (κ1) is 13.1. The normalized spacial score (nSPS) is 27.0. The number of aryl methyl sites for hydroxylation is 1. The van der Waals surface area contributed by atoms with Crippen molar-refractivity contribution in [3.05, 3.63) is 21.9 Å². The Hall–Kier alpha value is -0.380. The molecule has 1 heterocycles. The van der Waals surface area contributed by atoms with E-state index in [0.717, 1.165) is 0 Å². The van der Waals surface area contributed by atoms with Crippen molar-refractivity contribution >= 4 is 11.3 Å². The first-order valence-corrected chi connectivity index (χ1v) is 7.50. The van der Waals surface area contributed by atoms with E-state index in [4.69, 9.17) is 10.5 Å². The predicted molar refractivity (Wildman–Crippen MR) is 73.4 cm³/mol. The third-order valence-corrected chi connectivity index (χ3v) is 4.89. The highest BCUT2D eigenvalue weighted by atomic mass is 32.1. The van der Waals surface area contributed by atoms with Gasteiger partial charge in [0.15, 0.2) is 0 Å². The molecule has 1 aromatic rings.